The summed E-state index contributed by atoms with van der Waals surface area (Å²) in [6.45, 7) is 1.95. The number of carboxylic acid groups (broad SMARTS) is 1. The van der Waals surface area contributed by atoms with Crippen LogP contribution in [0.5, 0.6) is 0 Å². The molecule has 0 radical (unpaired) electrons. The molecular formula is C11H15N3O3S2. The highest BCUT2D eigenvalue weighted by Crippen LogP contribution is 2.32. The summed E-state index contributed by atoms with van der Waals surface area (Å²) < 4.78 is 0. The van der Waals surface area contributed by atoms with Crippen LogP contribution >= 0.6 is 23.1 Å². The minimum absolute atomic E-state index is 0.0652. The Bertz CT molecular complexity index is 491. The van der Waals surface area contributed by atoms with Crippen molar-refractivity contribution in [2.75, 3.05) is 11.5 Å². The molecule has 3 N–H and O–H groups in total. The lowest BCUT2D eigenvalue weighted by atomic mass is 10.2. The Morgan fingerprint density at radius 3 is 2.89 bits per heavy atom. The lowest BCUT2D eigenvalue weighted by Gasteiger charge is -2.26. The van der Waals surface area contributed by atoms with Crippen LogP contribution in [0.2, 0.25) is 0 Å². The van der Waals surface area contributed by atoms with Gasteiger partial charge in [0.25, 0.3) is 0 Å². The summed E-state index contributed by atoms with van der Waals surface area (Å²) >= 11 is 2.79. The summed E-state index contributed by atoms with van der Waals surface area (Å²) in [7, 11) is 0. The number of carboxylic acids is 1. The molecule has 1 amide bonds. The molecule has 2 atom stereocenters. The maximum Gasteiger partial charge on any atom is 0.327 e. The largest absolute Gasteiger partial charge is 0.480 e. The van der Waals surface area contributed by atoms with Gasteiger partial charge < -0.3 is 15.7 Å². The van der Waals surface area contributed by atoms with Crippen molar-refractivity contribution in [3.05, 3.63) is 11.1 Å². The zero-order chi connectivity index (χ0) is 14.0. The molecule has 1 aliphatic heterocycles. The summed E-state index contributed by atoms with van der Waals surface area (Å²) in [5, 5.41) is 11.3. The smallest absolute Gasteiger partial charge is 0.327 e. The topological polar surface area (TPSA) is 96.5 Å². The lowest BCUT2D eigenvalue weighted by Crippen LogP contribution is -2.46. The highest BCUT2D eigenvalue weighted by Gasteiger charge is 2.40. The molecule has 1 fully saturated rings. The van der Waals surface area contributed by atoms with E-state index in [4.69, 9.17) is 5.73 Å². The van der Waals surface area contributed by atoms with E-state index in [1.165, 1.54) is 28.0 Å². The van der Waals surface area contributed by atoms with Crippen LogP contribution in [0.4, 0.5) is 5.13 Å². The van der Waals surface area contributed by atoms with Gasteiger partial charge in [0.15, 0.2) is 5.13 Å². The molecule has 0 spiro atoms. The summed E-state index contributed by atoms with van der Waals surface area (Å²) in [5.41, 5.74) is 6.12. The average molecular weight is 301 g/mol. The van der Waals surface area contributed by atoms with Gasteiger partial charge in [0.2, 0.25) is 5.91 Å². The van der Waals surface area contributed by atoms with E-state index in [-0.39, 0.29) is 17.7 Å². The molecule has 1 saturated heterocycles. The minimum Gasteiger partial charge on any atom is -0.480 e. The molecule has 2 rings (SSSR count). The molecule has 0 aromatic carbocycles. The van der Waals surface area contributed by atoms with Crippen molar-refractivity contribution in [2.45, 2.75) is 31.2 Å². The Kier molecular flexibility index (Phi) is 4.31. The molecule has 1 aliphatic rings. The molecule has 8 heteroatoms. The van der Waals surface area contributed by atoms with Crippen molar-refractivity contribution in [1.82, 2.24) is 9.88 Å². The quantitative estimate of drug-likeness (QED) is 0.862. The van der Waals surface area contributed by atoms with Gasteiger partial charge in [-0.15, -0.1) is 23.1 Å². The highest BCUT2D eigenvalue weighted by atomic mass is 32.2. The van der Waals surface area contributed by atoms with Gasteiger partial charge in [-0.2, -0.15) is 0 Å². The summed E-state index contributed by atoms with van der Waals surface area (Å²) in [5.74, 6) is -0.706. The van der Waals surface area contributed by atoms with Gasteiger partial charge in [0.05, 0.1) is 17.5 Å². The lowest BCUT2D eigenvalue weighted by molar-refractivity contribution is -0.148. The standard InChI is InChI=1S/C11H15N3O3S2/c1-2-9-14(7(5-18-9)10(16)17)8(15)3-6-4-19-11(12)13-6/h4,7,9H,2-3,5H2,1H3,(H2,12,13)(H,16,17). The Balaban J connectivity index is 2.12. The molecule has 2 unspecified atom stereocenters. The van der Waals surface area contributed by atoms with Gasteiger partial charge >= 0.3 is 5.97 Å². The predicted octanol–water partition coefficient (Wildman–Crippen LogP) is 1.03. The van der Waals surface area contributed by atoms with Crippen molar-refractivity contribution in [3.8, 4) is 0 Å². The summed E-state index contributed by atoms with van der Waals surface area (Å²) in [4.78, 5) is 29.0. The van der Waals surface area contributed by atoms with Gasteiger partial charge in [0.1, 0.15) is 6.04 Å². The van der Waals surface area contributed by atoms with Gasteiger partial charge in [-0.3, -0.25) is 4.79 Å². The second kappa shape index (κ2) is 5.79. The van der Waals surface area contributed by atoms with E-state index < -0.39 is 12.0 Å². The fraction of sp³-hybridized carbons (Fsp3) is 0.545. The molecule has 0 saturated carbocycles. The zero-order valence-corrected chi connectivity index (χ0v) is 12.0. The third kappa shape index (κ3) is 3.01. The van der Waals surface area contributed by atoms with Crippen molar-refractivity contribution in [1.29, 1.82) is 0 Å². The van der Waals surface area contributed by atoms with E-state index in [1.54, 1.807) is 5.38 Å². The third-order valence-electron chi connectivity index (χ3n) is 2.92. The van der Waals surface area contributed by atoms with Crippen molar-refractivity contribution in [3.63, 3.8) is 0 Å². The van der Waals surface area contributed by atoms with Crippen molar-refractivity contribution >= 4 is 40.1 Å². The Morgan fingerprint density at radius 2 is 2.37 bits per heavy atom. The summed E-state index contributed by atoms with van der Waals surface area (Å²) in [6, 6.07) is -0.738. The third-order valence-corrected chi connectivity index (χ3v) is 5.09. The fourth-order valence-electron chi connectivity index (χ4n) is 2.05. The molecule has 2 heterocycles. The van der Waals surface area contributed by atoms with E-state index in [1.807, 2.05) is 6.92 Å². The number of carbonyl (C=O) groups excluding carboxylic acids is 1. The number of thioether (sulfide) groups is 1. The molecular weight excluding hydrogens is 286 g/mol. The molecule has 0 bridgehead atoms. The monoisotopic (exact) mass is 301 g/mol. The molecule has 1 aromatic rings. The van der Waals surface area contributed by atoms with Crippen molar-refractivity contribution < 1.29 is 14.7 Å². The first-order chi connectivity index (χ1) is 9.02. The normalized spacial score (nSPS) is 22.7. The van der Waals surface area contributed by atoms with Gasteiger partial charge in [-0.05, 0) is 6.42 Å². The molecule has 1 aromatic heterocycles. The van der Waals surface area contributed by atoms with Crippen LogP contribution in [0.1, 0.15) is 19.0 Å². The van der Waals surface area contributed by atoms with Gasteiger partial charge in [-0.1, -0.05) is 6.92 Å². The predicted molar refractivity (Wildman–Crippen MR) is 75.0 cm³/mol. The zero-order valence-electron chi connectivity index (χ0n) is 10.4. The second-order valence-electron chi connectivity index (χ2n) is 4.21. The van der Waals surface area contributed by atoms with Gasteiger partial charge in [-0.25, -0.2) is 9.78 Å². The Labute approximate surface area is 119 Å². The van der Waals surface area contributed by atoms with E-state index >= 15 is 0 Å². The maximum atomic E-state index is 12.3. The van der Waals surface area contributed by atoms with E-state index in [0.29, 0.717) is 16.6 Å². The number of nitrogens with zero attached hydrogens (tertiary/aromatic N) is 2. The molecule has 104 valence electrons. The number of aliphatic carboxylic acids is 1. The van der Waals surface area contributed by atoms with E-state index in [0.717, 1.165) is 6.42 Å². The highest BCUT2D eigenvalue weighted by molar-refractivity contribution is 8.00. The number of thiazole rings is 1. The molecule has 6 nitrogen and oxygen atoms in total. The fourth-order valence-corrected chi connectivity index (χ4v) is 3.98. The molecule has 19 heavy (non-hydrogen) atoms. The van der Waals surface area contributed by atoms with Crippen molar-refractivity contribution in [2.24, 2.45) is 0 Å². The Morgan fingerprint density at radius 1 is 1.63 bits per heavy atom. The van der Waals surface area contributed by atoms with Crippen LogP contribution in [0, 0.1) is 0 Å². The maximum absolute atomic E-state index is 12.3. The first kappa shape index (κ1) is 14.1. The first-order valence-electron chi connectivity index (χ1n) is 5.88. The summed E-state index contributed by atoms with van der Waals surface area (Å²) in [6.07, 6.45) is 0.841. The SMILES string of the molecule is CCC1SCC(C(=O)O)N1C(=O)Cc1csc(N)n1. The average Bonchev–Trinajstić information content (AvgIpc) is 2.94. The van der Waals surface area contributed by atoms with E-state index in [2.05, 4.69) is 4.98 Å². The van der Waals surface area contributed by atoms with Crippen LogP contribution in [0.15, 0.2) is 5.38 Å². The second-order valence-corrected chi connectivity index (χ2v) is 6.31. The van der Waals surface area contributed by atoms with Crippen LogP contribution in [-0.4, -0.2) is 44.0 Å². The van der Waals surface area contributed by atoms with Gasteiger partial charge in [0, 0.05) is 11.1 Å². The number of hydrogen-bond acceptors (Lipinski definition) is 6. The van der Waals surface area contributed by atoms with Crippen LogP contribution in [-0.2, 0) is 16.0 Å². The molecule has 0 aliphatic carbocycles. The first-order valence-corrected chi connectivity index (χ1v) is 7.81. The van der Waals surface area contributed by atoms with Crippen LogP contribution in [0.3, 0.4) is 0 Å². The number of carbonyl (C=O) groups is 2. The number of anilines is 1. The number of rotatable bonds is 4. The van der Waals surface area contributed by atoms with E-state index in [9.17, 15) is 14.7 Å². The number of nitrogens with two attached hydrogens (primary N) is 1. The number of hydrogen-bond donors (Lipinski definition) is 2. The number of aromatic nitrogens is 1. The van der Waals surface area contributed by atoms with Crippen LogP contribution < -0.4 is 5.73 Å². The Hall–Kier alpha value is -1.28. The number of nitrogen functional groups attached to an aromatic ring is 1. The van der Waals surface area contributed by atoms with Crippen LogP contribution in [0.25, 0.3) is 0 Å². The minimum atomic E-state index is -0.949. The number of amides is 1.